The molecule has 0 atom stereocenters. The molecule has 1 aliphatic rings. The lowest BCUT2D eigenvalue weighted by Crippen LogP contribution is -1.65. The molecule has 0 heterocycles. The van der Waals surface area contributed by atoms with Gasteiger partial charge in [0, 0.05) is 0 Å². The van der Waals surface area contributed by atoms with Crippen molar-refractivity contribution < 1.29 is 0 Å². The van der Waals surface area contributed by atoms with E-state index in [0.717, 1.165) is 0 Å². The van der Waals surface area contributed by atoms with Crippen molar-refractivity contribution in [3.8, 4) is 0 Å². The van der Waals surface area contributed by atoms with Gasteiger partial charge in [-0.3, -0.25) is 0 Å². The summed E-state index contributed by atoms with van der Waals surface area (Å²) in [6.45, 7) is 0. The van der Waals surface area contributed by atoms with Gasteiger partial charge >= 0.3 is 0 Å². The van der Waals surface area contributed by atoms with Gasteiger partial charge in [-0.2, -0.15) is 0 Å². The minimum Gasteiger partial charge on any atom is -0.0842 e. The first-order valence-corrected chi connectivity index (χ1v) is 2.98. The highest BCUT2D eigenvalue weighted by molar-refractivity contribution is 5.13. The average molecular weight is 106 g/mol. The summed E-state index contributed by atoms with van der Waals surface area (Å²) in [5, 5.41) is 0. The molecule has 0 aromatic heterocycles. The Morgan fingerprint density at radius 2 is 1.12 bits per heavy atom. The van der Waals surface area contributed by atoms with Crippen molar-refractivity contribution in [3.63, 3.8) is 0 Å². The Labute approximate surface area is 50.2 Å². The van der Waals surface area contributed by atoms with E-state index in [4.69, 9.17) is 0 Å². The van der Waals surface area contributed by atoms with Crippen LogP contribution in [0, 0.1) is 0 Å². The van der Waals surface area contributed by atoms with E-state index in [0.29, 0.717) is 0 Å². The molecule has 0 spiro atoms. The summed E-state index contributed by atoms with van der Waals surface area (Å²) in [5.74, 6) is 0. The molecule has 0 saturated heterocycles. The molecule has 0 bridgehead atoms. The molecular formula is C8H10. The SMILES string of the molecule is C1=C/C=C\CCC=C1. The van der Waals surface area contributed by atoms with Crippen LogP contribution in [0.15, 0.2) is 36.5 Å². The summed E-state index contributed by atoms with van der Waals surface area (Å²) in [4.78, 5) is 0. The summed E-state index contributed by atoms with van der Waals surface area (Å²) in [7, 11) is 0. The minimum atomic E-state index is 1.18. The number of rotatable bonds is 0. The monoisotopic (exact) mass is 106 g/mol. The van der Waals surface area contributed by atoms with Crippen LogP contribution in [0.25, 0.3) is 0 Å². The Hall–Kier alpha value is -0.780. The highest BCUT2D eigenvalue weighted by atomic mass is 13.8. The van der Waals surface area contributed by atoms with E-state index in [1.54, 1.807) is 0 Å². The molecule has 0 fully saturated rings. The maximum Gasteiger partial charge on any atom is -0.0313 e. The normalized spacial score (nSPS) is 22.0. The second-order valence-electron chi connectivity index (χ2n) is 1.82. The molecule has 0 nitrogen and oxygen atoms in total. The van der Waals surface area contributed by atoms with Crippen molar-refractivity contribution >= 4 is 0 Å². The molecular weight excluding hydrogens is 96.1 g/mol. The van der Waals surface area contributed by atoms with Gasteiger partial charge in [-0.25, -0.2) is 0 Å². The fraction of sp³-hybridized carbons (Fsp3) is 0.250. The van der Waals surface area contributed by atoms with Crippen LogP contribution in [0.2, 0.25) is 0 Å². The lowest BCUT2D eigenvalue weighted by molar-refractivity contribution is 1.05. The summed E-state index contributed by atoms with van der Waals surface area (Å²) in [5.41, 5.74) is 0. The van der Waals surface area contributed by atoms with Gasteiger partial charge < -0.3 is 0 Å². The van der Waals surface area contributed by atoms with Crippen molar-refractivity contribution in [1.82, 2.24) is 0 Å². The molecule has 0 unspecified atom stereocenters. The number of hydrogen-bond acceptors (Lipinski definition) is 0. The van der Waals surface area contributed by atoms with E-state index in [9.17, 15) is 0 Å². The Kier molecular flexibility index (Phi) is 2.18. The first-order valence-electron chi connectivity index (χ1n) is 2.98. The first kappa shape index (κ1) is 5.36. The highest BCUT2D eigenvalue weighted by Gasteiger charge is 1.75. The lowest BCUT2D eigenvalue weighted by Gasteiger charge is -1.86. The zero-order valence-electron chi connectivity index (χ0n) is 4.88. The molecule has 0 aromatic carbocycles. The second-order valence-corrected chi connectivity index (χ2v) is 1.82. The quantitative estimate of drug-likeness (QED) is 0.445. The van der Waals surface area contributed by atoms with E-state index < -0.39 is 0 Å². The third-order valence-electron chi connectivity index (χ3n) is 1.11. The topological polar surface area (TPSA) is 0 Å². The minimum absolute atomic E-state index is 1.18. The maximum atomic E-state index is 2.18. The smallest absolute Gasteiger partial charge is 0.0313 e. The van der Waals surface area contributed by atoms with E-state index in [1.165, 1.54) is 12.8 Å². The predicted octanol–water partition coefficient (Wildman–Crippen LogP) is 2.45. The Balaban J connectivity index is 2.51. The Morgan fingerprint density at radius 1 is 0.625 bits per heavy atom. The maximum absolute atomic E-state index is 2.18. The van der Waals surface area contributed by atoms with Crippen LogP contribution in [-0.4, -0.2) is 0 Å². The zero-order valence-corrected chi connectivity index (χ0v) is 4.88. The highest BCUT2D eigenvalue weighted by Crippen LogP contribution is 1.96. The molecule has 0 heteroatoms. The largest absolute Gasteiger partial charge is 0.0842 e. The van der Waals surface area contributed by atoms with E-state index in [-0.39, 0.29) is 0 Å². The summed E-state index contributed by atoms with van der Waals surface area (Å²) >= 11 is 0. The molecule has 1 rings (SSSR count). The molecule has 0 radical (unpaired) electrons. The van der Waals surface area contributed by atoms with Gasteiger partial charge in [0.25, 0.3) is 0 Å². The summed E-state index contributed by atoms with van der Waals surface area (Å²) < 4.78 is 0. The molecule has 42 valence electrons. The van der Waals surface area contributed by atoms with Crippen molar-refractivity contribution in [1.29, 1.82) is 0 Å². The lowest BCUT2D eigenvalue weighted by atomic mass is 10.2. The Morgan fingerprint density at radius 3 is 1.62 bits per heavy atom. The summed E-state index contributed by atoms with van der Waals surface area (Å²) in [6, 6.07) is 0. The van der Waals surface area contributed by atoms with Gasteiger partial charge in [0.05, 0.1) is 0 Å². The van der Waals surface area contributed by atoms with Crippen molar-refractivity contribution in [3.05, 3.63) is 36.5 Å². The zero-order chi connectivity index (χ0) is 5.66. The summed E-state index contributed by atoms with van der Waals surface area (Å²) in [6.07, 6.45) is 15.0. The van der Waals surface area contributed by atoms with Gasteiger partial charge in [0.1, 0.15) is 0 Å². The van der Waals surface area contributed by atoms with Crippen LogP contribution < -0.4 is 0 Å². The van der Waals surface area contributed by atoms with Gasteiger partial charge in [-0.05, 0) is 12.8 Å². The number of allylic oxidation sites excluding steroid dienone is 6. The van der Waals surface area contributed by atoms with Gasteiger partial charge in [0.15, 0.2) is 0 Å². The van der Waals surface area contributed by atoms with Crippen molar-refractivity contribution in [2.75, 3.05) is 0 Å². The van der Waals surface area contributed by atoms with E-state index >= 15 is 0 Å². The van der Waals surface area contributed by atoms with Crippen molar-refractivity contribution in [2.24, 2.45) is 0 Å². The first-order chi connectivity index (χ1) is 4.00. The molecule has 1 aliphatic carbocycles. The van der Waals surface area contributed by atoms with Crippen LogP contribution in [0.1, 0.15) is 12.8 Å². The van der Waals surface area contributed by atoms with E-state index in [2.05, 4.69) is 36.5 Å². The third-order valence-corrected chi connectivity index (χ3v) is 1.11. The Bertz CT molecular complexity index is 111. The average Bonchev–Trinajstić information content (AvgIpc) is 1.62. The van der Waals surface area contributed by atoms with Crippen LogP contribution >= 0.6 is 0 Å². The van der Waals surface area contributed by atoms with Crippen LogP contribution in [0.4, 0.5) is 0 Å². The molecule has 0 aromatic rings. The van der Waals surface area contributed by atoms with Crippen molar-refractivity contribution in [2.45, 2.75) is 12.8 Å². The van der Waals surface area contributed by atoms with E-state index in [1.807, 2.05) is 0 Å². The predicted molar refractivity (Wildman–Crippen MR) is 36.7 cm³/mol. The molecule has 0 aliphatic heterocycles. The molecule has 0 N–H and O–H groups in total. The van der Waals surface area contributed by atoms with Crippen LogP contribution in [0.3, 0.4) is 0 Å². The number of hydrogen-bond donors (Lipinski definition) is 0. The standard InChI is InChI=1S/C8H10/c1-2-4-6-8-7-5-3-1/h1-6H,7-8H2/b2-1?,5-3-,6-4?. The van der Waals surface area contributed by atoms with Gasteiger partial charge in [0.2, 0.25) is 0 Å². The van der Waals surface area contributed by atoms with Gasteiger partial charge in [-0.1, -0.05) is 36.5 Å². The van der Waals surface area contributed by atoms with Gasteiger partial charge in [-0.15, -0.1) is 0 Å². The fourth-order valence-electron chi connectivity index (χ4n) is 0.670. The molecule has 0 amide bonds. The second kappa shape index (κ2) is 3.25. The third kappa shape index (κ3) is 1.78. The van der Waals surface area contributed by atoms with Crippen LogP contribution in [0.5, 0.6) is 0 Å². The van der Waals surface area contributed by atoms with Crippen LogP contribution in [-0.2, 0) is 0 Å². The molecule has 0 saturated carbocycles. The fourth-order valence-corrected chi connectivity index (χ4v) is 0.670. The molecule has 8 heavy (non-hydrogen) atoms.